The number of hydrogen-bond donors (Lipinski definition) is 1. The number of rotatable bonds is 9. The Hall–Kier alpha value is -3.73. The first-order valence-electron chi connectivity index (χ1n) is 10.3. The van der Waals surface area contributed by atoms with Crippen LogP contribution in [-0.2, 0) is 13.0 Å². The van der Waals surface area contributed by atoms with Crippen LogP contribution in [0.3, 0.4) is 0 Å². The smallest absolute Gasteiger partial charge is 0.128 e. The molecule has 0 atom stereocenters. The molecule has 31 heavy (non-hydrogen) atoms. The number of aromatic nitrogens is 1. The third kappa shape index (κ3) is 4.89. The van der Waals surface area contributed by atoms with Crippen molar-refractivity contribution in [1.29, 1.82) is 0 Å². The fourth-order valence-electron chi connectivity index (χ4n) is 3.57. The first-order valence-corrected chi connectivity index (χ1v) is 10.3. The quantitative estimate of drug-likeness (QED) is 0.393. The normalized spacial score (nSPS) is 10.6. The van der Waals surface area contributed by atoms with E-state index in [4.69, 9.17) is 19.2 Å². The molecule has 4 rings (SSSR count). The average Bonchev–Trinajstić information content (AvgIpc) is 2.83. The zero-order valence-corrected chi connectivity index (χ0v) is 17.8. The topological polar surface area (TPSA) is 52.6 Å². The van der Waals surface area contributed by atoms with Crippen molar-refractivity contribution in [3.8, 4) is 17.2 Å². The number of ether oxygens (including phenoxy) is 3. The van der Waals surface area contributed by atoms with Gasteiger partial charge in [-0.2, -0.15) is 0 Å². The summed E-state index contributed by atoms with van der Waals surface area (Å²) in [5.41, 5.74) is 3.10. The highest BCUT2D eigenvalue weighted by Gasteiger charge is 2.07. The summed E-state index contributed by atoms with van der Waals surface area (Å²) < 4.78 is 16.9. The van der Waals surface area contributed by atoms with Gasteiger partial charge in [-0.1, -0.05) is 42.5 Å². The Morgan fingerprint density at radius 1 is 0.710 bits per heavy atom. The van der Waals surface area contributed by atoms with Crippen LogP contribution in [0.4, 0.5) is 5.82 Å². The number of pyridine rings is 1. The third-order valence-electron chi connectivity index (χ3n) is 5.17. The third-order valence-corrected chi connectivity index (χ3v) is 5.17. The van der Waals surface area contributed by atoms with E-state index in [9.17, 15) is 0 Å². The first-order chi connectivity index (χ1) is 15.3. The van der Waals surface area contributed by atoms with Crippen molar-refractivity contribution in [3.63, 3.8) is 0 Å². The number of methoxy groups -OCH3 is 2. The second kappa shape index (κ2) is 9.85. The monoisotopic (exact) mass is 414 g/mol. The molecular formula is C26H26N2O3. The highest BCUT2D eigenvalue weighted by atomic mass is 16.5. The standard InChI is InChI=1S/C26H26N2O3/c1-29-23-11-5-3-8-19(23)16-17-31-25-13-7-10-22-21(25)14-15-26(28-22)27-18-20-9-4-6-12-24(20)30-2/h3-15H,16-18H2,1-2H3,(H,27,28). The summed E-state index contributed by atoms with van der Waals surface area (Å²) in [5, 5.41) is 4.37. The van der Waals surface area contributed by atoms with Crippen LogP contribution in [0, 0.1) is 0 Å². The first kappa shape index (κ1) is 20.5. The fraction of sp³-hybridized carbons (Fsp3) is 0.192. The Kier molecular flexibility index (Phi) is 6.53. The summed E-state index contributed by atoms with van der Waals surface area (Å²) in [4.78, 5) is 4.75. The number of para-hydroxylation sites is 2. The van der Waals surface area contributed by atoms with E-state index in [0.717, 1.165) is 51.5 Å². The molecule has 0 radical (unpaired) electrons. The van der Waals surface area contributed by atoms with Crippen LogP contribution in [0.25, 0.3) is 10.9 Å². The summed E-state index contributed by atoms with van der Waals surface area (Å²) in [6, 6.07) is 26.0. The van der Waals surface area contributed by atoms with Gasteiger partial charge in [0.25, 0.3) is 0 Å². The van der Waals surface area contributed by atoms with Gasteiger partial charge < -0.3 is 19.5 Å². The minimum Gasteiger partial charge on any atom is -0.496 e. The second-order valence-electron chi connectivity index (χ2n) is 7.10. The molecule has 1 aromatic heterocycles. The Morgan fingerprint density at radius 2 is 1.39 bits per heavy atom. The van der Waals surface area contributed by atoms with Crippen molar-refractivity contribution in [3.05, 3.63) is 90.0 Å². The molecule has 3 aromatic carbocycles. The van der Waals surface area contributed by atoms with Gasteiger partial charge in [0.15, 0.2) is 0 Å². The molecular weight excluding hydrogens is 388 g/mol. The van der Waals surface area contributed by atoms with E-state index < -0.39 is 0 Å². The summed E-state index contributed by atoms with van der Waals surface area (Å²) in [6.45, 7) is 1.20. The van der Waals surface area contributed by atoms with Crippen LogP contribution in [-0.4, -0.2) is 25.8 Å². The molecule has 0 unspecified atom stereocenters. The maximum Gasteiger partial charge on any atom is 0.128 e. The predicted octanol–water partition coefficient (Wildman–Crippen LogP) is 5.49. The lowest BCUT2D eigenvalue weighted by Gasteiger charge is -2.13. The SMILES string of the molecule is COc1ccccc1CCOc1cccc2nc(NCc3ccccc3OC)ccc12. The molecule has 5 heteroatoms. The number of anilines is 1. The van der Waals surface area contributed by atoms with Gasteiger partial charge >= 0.3 is 0 Å². The zero-order chi connectivity index (χ0) is 21.5. The molecule has 1 N–H and O–H groups in total. The zero-order valence-electron chi connectivity index (χ0n) is 17.8. The lowest BCUT2D eigenvalue weighted by atomic mass is 10.1. The minimum absolute atomic E-state index is 0.563. The number of hydrogen-bond acceptors (Lipinski definition) is 5. The van der Waals surface area contributed by atoms with Crippen molar-refractivity contribution < 1.29 is 14.2 Å². The van der Waals surface area contributed by atoms with Crippen LogP contribution < -0.4 is 19.5 Å². The Morgan fingerprint density at radius 3 is 2.16 bits per heavy atom. The van der Waals surface area contributed by atoms with E-state index in [-0.39, 0.29) is 0 Å². The van der Waals surface area contributed by atoms with Gasteiger partial charge in [0, 0.05) is 23.9 Å². The molecule has 0 aliphatic heterocycles. The summed E-state index contributed by atoms with van der Waals surface area (Å²) in [5.74, 6) is 3.39. The summed E-state index contributed by atoms with van der Waals surface area (Å²) >= 11 is 0. The van der Waals surface area contributed by atoms with Crippen LogP contribution in [0.2, 0.25) is 0 Å². The van der Waals surface area contributed by atoms with Crippen molar-refractivity contribution in [2.45, 2.75) is 13.0 Å². The van der Waals surface area contributed by atoms with Gasteiger partial charge in [0.1, 0.15) is 23.1 Å². The number of nitrogens with zero attached hydrogens (tertiary/aromatic N) is 1. The maximum atomic E-state index is 6.09. The molecule has 0 amide bonds. The van der Waals surface area contributed by atoms with E-state index in [1.165, 1.54) is 0 Å². The van der Waals surface area contributed by atoms with Crippen LogP contribution in [0.15, 0.2) is 78.9 Å². The number of nitrogens with one attached hydrogen (secondary N) is 1. The van der Waals surface area contributed by atoms with Gasteiger partial charge in [-0.3, -0.25) is 0 Å². The van der Waals surface area contributed by atoms with Crippen molar-refractivity contribution in [2.24, 2.45) is 0 Å². The Labute approximate surface area is 182 Å². The van der Waals surface area contributed by atoms with Gasteiger partial charge in [-0.25, -0.2) is 4.98 Å². The highest BCUT2D eigenvalue weighted by Crippen LogP contribution is 2.27. The van der Waals surface area contributed by atoms with Crippen LogP contribution >= 0.6 is 0 Å². The molecule has 0 aliphatic carbocycles. The highest BCUT2D eigenvalue weighted by molar-refractivity contribution is 5.86. The molecule has 5 nitrogen and oxygen atoms in total. The Balaban J connectivity index is 1.44. The minimum atomic E-state index is 0.563. The van der Waals surface area contributed by atoms with Crippen LogP contribution in [0.5, 0.6) is 17.2 Å². The van der Waals surface area contributed by atoms with Gasteiger partial charge in [0.05, 0.1) is 26.3 Å². The number of fused-ring (bicyclic) bond motifs is 1. The van der Waals surface area contributed by atoms with E-state index >= 15 is 0 Å². The molecule has 0 spiro atoms. The Bertz CT molecular complexity index is 1160. The van der Waals surface area contributed by atoms with E-state index in [0.29, 0.717) is 13.2 Å². The summed E-state index contributed by atoms with van der Waals surface area (Å²) in [7, 11) is 3.37. The molecule has 0 bridgehead atoms. The molecule has 158 valence electrons. The maximum absolute atomic E-state index is 6.09. The molecule has 0 fully saturated rings. The fourth-order valence-corrected chi connectivity index (χ4v) is 3.57. The average molecular weight is 415 g/mol. The van der Waals surface area contributed by atoms with Gasteiger partial charge in [-0.15, -0.1) is 0 Å². The van der Waals surface area contributed by atoms with Gasteiger partial charge in [0.2, 0.25) is 0 Å². The predicted molar refractivity (Wildman–Crippen MR) is 124 cm³/mol. The lowest BCUT2D eigenvalue weighted by molar-refractivity contribution is 0.322. The second-order valence-corrected chi connectivity index (χ2v) is 7.10. The number of benzene rings is 3. The molecule has 0 saturated carbocycles. The molecule has 4 aromatic rings. The van der Waals surface area contributed by atoms with E-state index in [1.807, 2.05) is 72.8 Å². The summed E-state index contributed by atoms with van der Waals surface area (Å²) in [6.07, 6.45) is 0.770. The van der Waals surface area contributed by atoms with Crippen molar-refractivity contribution >= 4 is 16.7 Å². The van der Waals surface area contributed by atoms with Crippen molar-refractivity contribution in [2.75, 3.05) is 26.1 Å². The molecule has 0 saturated heterocycles. The van der Waals surface area contributed by atoms with Crippen molar-refractivity contribution in [1.82, 2.24) is 4.98 Å². The molecule has 0 aliphatic rings. The molecule has 1 heterocycles. The van der Waals surface area contributed by atoms with E-state index in [1.54, 1.807) is 14.2 Å². The largest absolute Gasteiger partial charge is 0.496 e. The van der Waals surface area contributed by atoms with Crippen LogP contribution in [0.1, 0.15) is 11.1 Å². The van der Waals surface area contributed by atoms with E-state index in [2.05, 4.69) is 11.4 Å². The lowest BCUT2D eigenvalue weighted by Crippen LogP contribution is -2.04. The van der Waals surface area contributed by atoms with Gasteiger partial charge in [-0.05, 0) is 42.0 Å².